The highest BCUT2D eigenvalue weighted by atomic mass is 32.2. The molecule has 1 aromatic carbocycles. The Labute approximate surface area is 155 Å². The van der Waals surface area contributed by atoms with Gasteiger partial charge in [0.05, 0.1) is 12.8 Å². The predicted octanol–water partition coefficient (Wildman–Crippen LogP) is 2.98. The lowest BCUT2D eigenvalue weighted by Crippen LogP contribution is -2.38. The lowest BCUT2D eigenvalue weighted by Gasteiger charge is -2.21. The van der Waals surface area contributed by atoms with Crippen LogP contribution in [0.3, 0.4) is 0 Å². The van der Waals surface area contributed by atoms with Crippen LogP contribution in [0.15, 0.2) is 35.9 Å². The van der Waals surface area contributed by atoms with Gasteiger partial charge in [-0.05, 0) is 63.3 Å². The van der Waals surface area contributed by atoms with Crippen LogP contribution in [-0.2, 0) is 14.8 Å². The Balaban J connectivity index is 1.95. The fourth-order valence-corrected chi connectivity index (χ4v) is 3.69. The molecule has 0 atom stereocenters. The minimum absolute atomic E-state index is 0.0526. The smallest absolute Gasteiger partial charge is 0.239 e. The van der Waals surface area contributed by atoms with E-state index < -0.39 is 15.9 Å². The van der Waals surface area contributed by atoms with E-state index in [9.17, 15) is 18.0 Å². The normalized spacial score (nSPS) is 14.8. The third-order valence-corrected chi connectivity index (χ3v) is 5.68. The Morgan fingerprint density at radius 2 is 1.85 bits per heavy atom. The molecule has 1 aromatic rings. The highest BCUT2D eigenvalue weighted by Gasteiger charge is 2.20. The summed E-state index contributed by atoms with van der Waals surface area (Å²) in [6.07, 6.45) is 8.34. The SMILES string of the molecule is CC(=O)c1ccc(NC(=O)CN(CCC2=CCCCC2)S(C)(=O)=O)cc1. The van der Waals surface area contributed by atoms with Crippen LogP contribution in [0.4, 0.5) is 5.69 Å². The van der Waals surface area contributed by atoms with E-state index in [2.05, 4.69) is 11.4 Å². The lowest BCUT2D eigenvalue weighted by molar-refractivity contribution is -0.116. The molecule has 0 spiro atoms. The Morgan fingerprint density at radius 3 is 2.38 bits per heavy atom. The van der Waals surface area contributed by atoms with E-state index >= 15 is 0 Å². The van der Waals surface area contributed by atoms with E-state index in [1.165, 1.54) is 23.2 Å². The topological polar surface area (TPSA) is 83.6 Å². The number of rotatable bonds is 8. The third-order valence-electron chi connectivity index (χ3n) is 4.43. The summed E-state index contributed by atoms with van der Waals surface area (Å²) >= 11 is 0. The van der Waals surface area contributed by atoms with Crippen molar-refractivity contribution in [2.75, 3.05) is 24.7 Å². The summed E-state index contributed by atoms with van der Waals surface area (Å²) < 4.78 is 25.2. The first-order chi connectivity index (χ1) is 12.3. The van der Waals surface area contributed by atoms with E-state index in [0.717, 1.165) is 25.5 Å². The Kier molecular flexibility index (Phi) is 7.11. The number of amides is 1. The molecule has 1 aliphatic carbocycles. The Morgan fingerprint density at radius 1 is 1.15 bits per heavy atom. The fourth-order valence-electron chi connectivity index (χ4n) is 2.91. The summed E-state index contributed by atoms with van der Waals surface area (Å²) in [5, 5.41) is 2.68. The molecular formula is C19H26N2O4S. The van der Waals surface area contributed by atoms with Crippen molar-refractivity contribution in [1.82, 2.24) is 4.31 Å². The summed E-state index contributed by atoms with van der Waals surface area (Å²) in [7, 11) is -3.47. The van der Waals surface area contributed by atoms with Crippen molar-refractivity contribution < 1.29 is 18.0 Å². The van der Waals surface area contributed by atoms with Crippen molar-refractivity contribution in [2.24, 2.45) is 0 Å². The van der Waals surface area contributed by atoms with Gasteiger partial charge in [0.1, 0.15) is 0 Å². The molecule has 0 aromatic heterocycles. The average Bonchev–Trinajstić information content (AvgIpc) is 2.59. The van der Waals surface area contributed by atoms with Crippen LogP contribution >= 0.6 is 0 Å². The zero-order valence-corrected chi connectivity index (χ0v) is 16.1. The number of anilines is 1. The number of hydrogen-bond donors (Lipinski definition) is 1. The van der Waals surface area contributed by atoms with Crippen molar-refractivity contribution >= 4 is 27.4 Å². The second-order valence-electron chi connectivity index (χ2n) is 6.64. The first-order valence-electron chi connectivity index (χ1n) is 8.79. The zero-order valence-electron chi connectivity index (χ0n) is 15.3. The summed E-state index contributed by atoms with van der Waals surface area (Å²) in [6.45, 7) is 1.56. The monoisotopic (exact) mass is 378 g/mol. The van der Waals surface area contributed by atoms with Crippen molar-refractivity contribution in [1.29, 1.82) is 0 Å². The molecule has 0 heterocycles. The molecule has 0 saturated carbocycles. The first-order valence-corrected chi connectivity index (χ1v) is 10.6. The van der Waals surface area contributed by atoms with E-state index in [4.69, 9.17) is 0 Å². The molecule has 0 saturated heterocycles. The van der Waals surface area contributed by atoms with Gasteiger partial charge in [0.25, 0.3) is 0 Å². The molecular weight excluding hydrogens is 352 g/mol. The Hall–Kier alpha value is -1.99. The maximum atomic E-state index is 12.2. The quantitative estimate of drug-likeness (QED) is 0.557. The van der Waals surface area contributed by atoms with Gasteiger partial charge < -0.3 is 5.32 Å². The van der Waals surface area contributed by atoms with Crippen LogP contribution in [0.25, 0.3) is 0 Å². The van der Waals surface area contributed by atoms with Gasteiger partial charge >= 0.3 is 0 Å². The number of nitrogens with zero attached hydrogens (tertiary/aromatic N) is 1. The molecule has 1 aliphatic rings. The number of hydrogen-bond acceptors (Lipinski definition) is 4. The molecule has 1 amide bonds. The molecule has 0 fully saturated rings. The van der Waals surface area contributed by atoms with E-state index in [1.54, 1.807) is 24.3 Å². The standard InChI is InChI=1S/C19H26N2O4S/c1-15(22)17-8-10-18(11-9-17)20-19(23)14-21(26(2,24)25)13-12-16-6-4-3-5-7-16/h6,8-11H,3-5,7,12-14H2,1-2H3,(H,20,23). The van der Waals surface area contributed by atoms with Crippen LogP contribution in [0.1, 0.15) is 49.4 Å². The number of Topliss-reactive ketones (excluding diaryl/α,β-unsaturated/α-hetero) is 1. The summed E-state index contributed by atoms with van der Waals surface area (Å²) in [5.41, 5.74) is 2.36. The van der Waals surface area contributed by atoms with Gasteiger partial charge in [-0.3, -0.25) is 9.59 Å². The number of ketones is 1. The molecule has 0 radical (unpaired) electrons. The van der Waals surface area contributed by atoms with Gasteiger partial charge in [0.15, 0.2) is 5.78 Å². The van der Waals surface area contributed by atoms with Gasteiger partial charge in [-0.15, -0.1) is 0 Å². The highest BCUT2D eigenvalue weighted by molar-refractivity contribution is 7.88. The third kappa shape index (κ3) is 6.38. The van der Waals surface area contributed by atoms with Crippen LogP contribution in [0, 0.1) is 0 Å². The molecule has 0 bridgehead atoms. The predicted molar refractivity (Wildman–Crippen MR) is 103 cm³/mol. The van der Waals surface area contributed by atoms with Crippen LogP contribution < -0.4 is 5.32 Å². The van der Waals surface area contributed by atoms with Crippen LogP contribution in [0.2, 0.25) is 0 Å². The van der Waals surface area contributed by atoms with Crippen molar-refractivity contribution in [2.45, 2.75) is 39.0 Å². The zero-order chi connectivity index (χ0) is 19.2. The van der Waals surface area contributed by atoms with E-state index in [0.29, 0.717) is 24.2 Å². The number of carbonyl (C=O) groups is 2. The minimum Gasteiger partial charge on any atom is -0.325 e. The molecule has 142 valence electrons. The van der Waals surface area contributed by atoms with Crippen LogP contribution in [0.5, 0.6) is 0 Å². The average molecular weight is 378 g/mol. The molecule has 0 unspecified atom stereocenters. The maximum absolute atomic E-state index is 12.2. The molecule has 7 heteroatoms. The number of allylic oxidation sites excluding steroid dienone is 1. The van der Waals surface area contributed by atoms with Gasteiger partial charge in [-0.2, -0.15) is 4.31 Å². The second-order valence-corrected chi connectivity index (χ2v) is 8.62. The van der Waals surface area contributed by atoms with E-state index in [-0.39, 0.29) is 12.3 Å². The Bertz CT molecular complexity index is 782. The summed E-state index contributed by atoms with van der Waals surface area (Å²) in [6, 6.07) is 6.52. The summed E-state index contributed by atoms with van der Waals surface area (Å²) in [5.74, 6) is -0.452. The van der Waals surface area contributed by atoms with Gasteiger partial charge in [0.2, 0.25) is 15.9 Å². The van der Waals surface area contributed by atoms with Gasteiger partial charge in [-0.25, -0.2) is 8.42 Å². The molecule has 0 aliphatic heterocycles. The van der Waals surface area contributed by atoms with Gasteiger partial charge in [-0.1, -0.05) is 11.6 Å². The van der Waals surface area contributed by atoms with Crippen molar-refractivity contribution in [3.05, 3.63) is 41.5 Å². The maximum Gasteiger partial charge on any atom is 0.239 e. The number of sulfonamides is 1. The molecule has 6 nitrogen and oxygen atoms in total. The number of benzene rings is 1. The van der Waals surface area contributed by atoms with Crippen molar-refractivity contribution in [3.8, 4) is 0 Å². The molecule has 2 rings (SSSR count). The number of nitrogens with one attached hydrogen (secondary N) is 1. The summed E-state index contributed by atoms with van der Waals surface area (Å²) in [4.78, 5) is 23.5. The first kappa shape index (κ1) is 20.3. The molecule has 26 heavy (non-hydrogen) atoms. The second kappa shape index (κ2) is 9.09. The van der Waals surface area contributed by atoms with Crippen molar-refractivity contribution in [3.63, 3.8) is 0 Å². The fraction of sp³-hybridized carbons (Fsp3) is 0.474. The number of carbonyl (C=O) groups excluding carboxylic acids is 2. The minimum atomic E-state index is -3.47. The largest absolute Gasteiger partial charge is 0.325 e. The lowest BCUT2D eigenvalue weighted by atomic mass is 9.97. The van der Waals surface area contributed by atoms with E-state index in [1.807, 2.05) is 0 Å². The van der Waals surface area contributed by atoms with Crippen LogP contribution in [-0.4, -0.2) is 43.8 Å². The highest BCUT2D eigenvalue weighted by Crippen LogP contribution is 2.20. The van der Waals surface area contributed by atoms with Gasteiger partial charge in [0, 0.05) is 17.8 Å². The molecule has 1 N–H and O–H groups in total.